The van der Waals surface area contributed by atoms with Crippen molar-refractivity contribution in [2.45, 2.75) is 29.6 Å². The van der Waals surface area contributed by atoms with Gasteiger partial charge in [0.1, 0.15) is 16.1 Å². The fourth-order valence-corrected chi connectivity index (χ4v) is 5.53. The van der Waals surface area contributed by atoms with E-state index in [9.17, 15) is 17.6 Å². The summed E-state index contributed by atoms with van der Waals surface area (Å²) in [5.74, 6) is -0.789. The number of nitrogens with one attached hydrogen (secondary N) is 1. The number of sulfonamides is 1. The van der Waals surface area contributed by atoms with E-state index >= 15 is 0 Å². The van der Waals surface area contributed by atoms with Crippen molar-refractivity contribution in [1.29, 1.82) is 0 Å². The Balaban J connectivity index is 1.71. The summed E-state index contributed by atoms with van der Waals surface area (Å²) in [6, 6.07) is 8.63. The van der Waals surface area contributed by atoms with Crippen LogP contribution in [-0.4, -0.2) is 31.2 Å². The molecular formula is C16H17FN2O3S2. The maximum Gasteiger partial charge on any atom is 0.253 e. The van der Waals surface area contributed by atoms with Crippen molar-refractivity contribution in [2.75, 3.05) is 6.54 Å². The van der Waals surface area contributed by atoms with Crippen LogP contribution in [0.25, 0.3) is 0 Å². The highest BCUT2D eigenvalue weighted by Crippen LogP contribution is 2.28. The van der Waals surface area contributed by atoms with E-state index in [-0.39, 0.29) is 10.8 Å². The maximum atomic E-state index is 13.6. The van der Waals surface area contributed by atoms with E-state index in [0.29, 0.717) is 24.9 Å². The minimum atomic E-state index is -3.66. The Morgan fingerprint density at radius 1 is 1.29 bits per heavy atom. The van der Waals surface area contributed by atoms with Crippen LogP contribution in [0.3, 0.4) is 0 Å². The summed E-state index contributed by atoms with van der Waals surface area (Å²) in [5, 5.41) is 4.34. The van der Waals surface area contributed by atoms with Gasteiger partial charge in [-0.25, -0.2) is 12.8 Å². The first-order valence-electron chi connectivity index (χ1n) is 7.56. The normalized spacial score (nSPS) is 18.6. The summed E-state index contributed by atoms with van der Waals surface area (Å²) in [6.45, 7) is 0.354. The first-order valence-corrected chi connectivity index (χ1v) is 9.88. The van der Waals surface area contributed by atoms with E-state index < -0.39 is 27.8 Å². The zero-order valence-electron chi connectivity index (χ0n) is 12.8. The quantitative estimate of drug-likeness (QED) is 0.881. The molecule has 1 aromatic carbocycles. The molecule has 0 bridgehead atoms. The smallest absolute Gasteiger partial charge is 0.253 e. The van der Waals surface area contributed by atoms with Gasteiger partial charge in [-0.3, -0.25) is 4.79 Å². The molecule has 8 heteroatoms. The minimum Gasteiger partial charge on any atom is -0.351 e. The van der Waals surface area contributed by atoms with Crippen molar-refractivity contribution in [1.82, 2.24) is 9.62 Å². The Bertz CT molecular complexity index is 822. The molecule has 1 aliphatic rings. The van der Waals surface area contributed by atoms with Gasteiger partial charge in [-0.2, -0.15) is 4.31 Å². The van der Waals surface area contributed by atoms with Crippen molar-refractivity contribution >= 4 is 27.3 Å². The molecule has 3 rings (SSSR count). The van der Waals surface area contributed by atoms with Gasteiger partial charge in [0.15, 0.2) is 0 Å². The summed E-state index contributed by atoms with van der Waals surface area (Å²) >= 11 is 1.13. The highest BCUT2D eigenvalue weighted by molar-refractivity contribution is 7.91. The molecule has 1 N–H and O–H groups in total. The number of halogens is 1. The third-order valence-electron chi connectivity index (χ3n) is 3.98. The van der Waals surface area contributed by atoms with E-state index in [1.165, 1.54) is 16.4 Å². The van der Waals surface area contributed by atoms with Crippen LogP contribution in [0.4, 0.5) is 4.39 Å². The third kappa shape index (κ3) is 3.35. The number of hydrogen-bond donors (Lipinski definition) is 1. The minimum absolute atomic E-state index is 0.0366. The lowest BCUT2D eigenvalue weighted by molar-refractivity contribution is -0.124. The van der Waals surface area contributed by atoms with E-state index in [1.807, 2.05) is 0 Å². The summed E-state index contributed by atoms with van der Waals surface area (Å²) in [4.78, 5) is 12.4. The van der Waals surface area contributed by atoms with Gasteiger partial charge in [0.05, 0.1) is 0 Å². The standard InChI is InChI=1S/C16H17FN2O3S2/c17-13-6-2-1-5-12(13)11-18-16(20)14-7-3-9-19(14)24(21,22)15-8-4-10-23-15/h1-2,4-6,8,10,14H,3,7,9,11H2,(H,18,20)/t14-/m1/s1. The summed E-state index contributed by atoms with van der Waals surface area (Å²) < 4.78 is 40.4. The van der Waals surface area contributed by atoms with Crippen LogP contribution in [-0.2, 0) is 21.4 Å². The molecule has 1 aromatic heterocycles. The molecule has 24 heavy (non-hydrogen) atoms. The molecule has 2 heterocycles. The Hall–Kier alpha value is -1.77. The third-order valence-corrected chi connectivity index (χ3v) is 7.26. The fraction of sp³-hybridized carbons (Fsp3) is 0.312. The number of nitrogens with zero attached hydrogens (tertiary/aromatic N) is 1. The lowest BCUT2D eigenvalue weighted by Gasteiger charge is -2.22. The van der Waals surface area contributed by atoms with Crippen LogP contribution in [0.2, 0.25) is 0 Å². The van der Waals surface area contributed by atoms with Crippen LogP contribution < -0.4 is 5.32 Å². The van der Waals surface area contributed by atoms with Gasteiger partial charge >= 0.3 is 0 Å². The van der Waals surface area contributed by atoms with E-state index in [4.69, 9.17) is 0 Å². The zero-order valence-corrected chi connectivity index (χ0v) is 14.4. The predicted molar refractivity (Wildman–Crippen MR) is 89.5 cm³/mol. The Kier molecular flexibility index (Phi) is 4.98. The van der Waals surface area contributed by atoms with Crippen LogP contribution in [0.1, 0.15) is 18.4 Å². The van der Waals surface area contributed by atoms with Crippen molar-refractivity contribution in [2.24, 2.45) is 0 Å². The number of hydrogen-bond acceptors (Lipinski definition) is 4. The lowest BCUT2D eigenvalue weighted by Crippen LogP contribution is -2.45. The number of carbonyl (C=O) groups excluding carboxylic acids is 1. The number of benzene rings is 1. The second-order valence-corrected chi connectivity index (χ2v) is 8.58. The van der Waals surface area contributed by atoms with Gasteiger partial charge in [0.25, 0.3) is 10.0 Å². The molecule has 1 aliphatic heterocycles. The number of thiophene rings is 1. The van der Waals surface area contributed by atoms with E-state index in [1.54, 1.807) is 29.6 Å². The molecule has 128 valence electrons. The molecule has 0 spiro atoms. The van der Waals surface area contributed by atoms with Crippen LogP contribution in [0.15, 0.2) is 46.0 Å². The summed E-state index contributed by atoms with van der Waals surface area (Å²) in [6.07, 6.45) is 1.09. The van der Waals surface area contributed by atoms with Crippen molar-refractivity contribution < 1.29 is 17.6 Å². The molecule has 1 fully saturated rings. The Labute approximate surface area is 144 Å². The average Bonchev–Trinajstić information content (AvgIpc) is 3.25. The fourth-order valence-electron chi connectivity index (χ4n) is 2.76. The molecule has 1 atom stereocenters. The molecule has 0 aliphatic carbocycles. The first kappa shape index (κ1) is 17.1. The molecule has 0 radical (unpaired) electrons. The van der Waals surface area contributed by atoms with E-state index in [2.05, 4.69) is 5.32 Å². The van der Waals surface area contributed by atoms with Crippen molar-refractivity contribution in [3.8, 4) is 0 Å². The van der Waals surface area contributed by atoms with Gasteiger partial charge in [0.2, 0.25) is 5.91 Å². The Morgan fingerprint density at radius 2 is 2.08 bits per heavy atom. The zero-order chi connectivity index (χ0) is 17.2. The van der Waals surface area contributed by atoms with Gasteiger partial charge < -0.3 is 5.32 Å². The number of carbonyl (C=O) groups is 1. The van der Waals surface area contributed by atoms with Gasteiger partial charge in [-0.1, -0.05) is 24.3 Å². The van der Waals surface area contributed by atoms with Gasteiger partial charge in [0, 0.05) is 18.7 Å². The van der Waals surface area contributed by atoms with Gasteiger partial charge in [-0.05, 0) is 30.4 Å². The second kappa shape index (κ2) is 7.00. The molecule has 1 amide bonds. The van der Waals surface area contributed by atoms with Crippen LogP contribution in [0, 0.1) is 5.82 Å². The van der Waals surface area contributed by atoms with Crippen molar-refractivity contribution in [3.63, 3.8) is 0 Å². The first-order chi connectivity index (χ1) is 11.5. The predicted octanol–water partition coefficient (Wildman–Crippen LogP) is 2.36. The largest absolute Gasteiger partial charge is 0.351 e. The SMILES string of the molecule is O=C(NCc1ccccc1F)[C@H]1CCCN1S(=O)(=O)c1cccs1. The monoisotopic (exact) mass is 368 g/mol. The molecule has 2 aromatic rings. The highest BCUT2D eigenvalue weighted by atomic mass is 32.2. The molecule has 0 unspecified atom stereocenters. The highest BCUT2D eigenvalue weighted by Gasteiger charge is 2.39. The molecular weight excluding hydrogens is 351 g/mol. The van der Waals surface area contributed by atoms with Crippen LogP contribution in [0.5, 0.6) is 0 Å². The Morgan fingerprint density at radius 3 is 2.79 bits per heavy atom. The summed E-state index contributed by atoms with van der Waals surface area (Å²) in [7, 11) is -3.66. The maximum absolute atomic E-state index is 13.6. The van der Waals surface area contributed by atoms with E-state index in [0.717, 1.165) is 11.3 Å². The molecule has 0 saturated carbocycles. The van der Waals surface area contributed by atoms with Crippen LogP contribution >= 0.6 is 11.3 Å². The number of rotatable bonds is 5. The average molecular weight is 368 g/mol. The molecule has 5 nitrogen and oxygen atoms in total. The summed E-state index contributed by atoms with van der Waals surface area (Å²) in [5.41, 5.74) is 0.372. The van der Waals surface area contributed by atoms with Crippen molar-refractivity contribution in [3.05, 3.63) is 53.2 Å². The molecule has 1 saturated heterocycles. The second-order valence-electron chi connectivity index (χ2n) is 5.52. The topological polar surface area (TPSA) is 66.5 Å². The lowest BCUT2D eigenvalue weighted by atomic mass is 10.2. The number of amides is 1. The van der Waals surface area contributed by atoms with Gasteiger partial charge in [-0.15, -0.1) is 11.3 Å².